The standard InChI is InChI=1S/C21H24FN3O5/c1-11-23-14-8-12(22)9-16(24(5)20(29)30-21(2,3)4)18(14)19(28)25(11)15-7-6-13(26)10-17(15)27/h8-9,15H,6-7,10H2,1-5H3. The number of carbonyl (C=O) groups excluding carboxylic acids is 3. The number of benzene rings is 1. The summed E-state index contributed by atoms with van der Waals surface area (Å²) >= 11 is 0. The summed E-state index contributed by atoms with van der Waals surface area (Å²) in [5.41, 5.74) is -1.30. The molecule has 0 radical (unpaired) electrons. The van der Waals surface area contributed by atoms with Crippen LogP contribution in [0.5, 0.6) is 0 Å². The van der Waals surface area contributed by atoms with E-state index in [1.54, 1.807) is 27.7 Å². The molecule has 0 bridgehead atoms. The minimum absolute atomic E-state index is 0.0000548. The van der Waals surface area contributed by atoms with Gasteiger partial charge in [0.15, 0.2) is 5.78 Å². The summed E-state index contributed by atoms with van der Waals surface area (Å²) in [5.74, 6) is -0.960. The Morgan fingerprint density at radius 3 is 2.53 bits per heavy atom. The van der Waals surface area contributed by atoms with Crippen LogP contribution in [-0.2, 0) is 14.3 Å². The van der Waals surface area contributed by atoms with E-state index in [2.05, 4.69) is 4.98 Å². The molecule has 160 valence electrons. The van der Waals surface area contributed by atoms with E-state index in [4.69, 9.17) is 4.74 Å². The SMILES string of the molecule is Cc1nc2cc(F)cc(N(C)C(=O)OC(C)(C)C)c2c(=O)n1C1CCC(=O)CC1=O. The molecule has 0 aliphatic heterocycles. The van der Waals surface area contributed by atoms with Gasteiger partial charge in [-0.15, -0.1) is 0 Å². The summed E-state index contributed by atoms with van der Waals surface area (Å²) in [6.45, 7) is 6.62. The monoisotopic (exact) mass is 417 g/mol. The van der Waals surface area contributed by atoms with E-state index in [-0.39, 0.29) is 53.2 Å². The van der Waals surface area contributed by atoms with Crippen LogP contribution in [0.3, 0.4) is 0 Å². The fourth-order valence-electron chi connectivity index (χ4n) is 3.57. The van der Waals surface area contributed by atoms with Crippen LogP contribution >= 0.6 is 0 Å². The molecule has 1 atom stereocenters. The number of halogens is 1. The predicted octanol–water partition coefficient (Wildman–Crippen LogP) is 3.08. The number of amides is 1. The molecular weight excluding hydrogens is 393 g/mol. The van der Waals surface area contributed by atoms with E-state index in [1.165, 1.54) is 11.6 Å². The molecule has 0 saturated heterocycles. The Morgan fingerprint density at radius 1 is 1.27 bits per heavy atom. The van der Waals surface area contributed by atoms with Gasteiger partial charge in [0.05, 0.1) is 29.1 Å². The van der Waals surface area contributed by atoms with Gasteiger partial charge in [-0.2, -0.15) is 0 Å². The van der Waals surface area contributed by atoms with Gasteiger partial charge in [0, 0.05) is 19.5 Å². The third-order valence-corrected chi connectivity index (χ3v) is 4.91. The number of rotatable bonds is 2. The quantitative estimate of drug-likeness (QED) is 0.697. The number of aryl methyl sites for hydroxylation is 1. The average molecular weight is 417 g/mol. The molecule has 1 heterocycles. The van der Waals surface area contributed by atoms with Crippen LogP contribution in [0.15, 0.2) is 16.9 Å². The van der Waals surface area contributed by atoms with Crippen LogP contribution in [0.1, 0.15) is 51.9 Å². The van der Waals surface area contributed by atoms with Gasteiger partial charge in [0.25, 0.3) is 5.56 Å². The van der Waals surface area contributed by atoms with Crippen LogP contribution in [0.25, 0.3) is 10.9 Å². The molecule has 1 aromatic heterocycles. The highest BCUT2D eigenvalue weighted by atomic mass is 19.1. The van der Waals surface area contributed by atoms with E-state index in [1.807, 2.05) is 0 Å². The second kappa shape index (κ2) is 7.62. The molecule has 0 N–H and O–H groups in total. The van der Waals surface area contributed by atoms with Crippen LogP contribution < -0.4 is 10.5 Å². The minimum Gasteiger partial charge on any atom is -0.443 e. The lowest BCUT2D eigenvalue weighted by Gasteiger charge is -2.27. The fraction of sp³-hybridized carbons (Fsp3) is 0.476. The minimum atomic E-state index is -0.822. The Kier molecular flexibility index (Phi) is 5.49. The molecule has 9 heteroatoms. The Hall–Kier alpha value is -3.10. The largest absolute Gasteiger partial charge is 0.443 e. The molecule has 2 aromatic rings. The topological polar surface area (TPSA) is 98.6 Å². The van der Waals surface area contributed by atoms with Crippen molar-refractivity contribution in [3.63, 3.8) is 0 Å². The zero-order valence-corrected chi connectivity index (χ0v) is 17.6. The molecule has 1 fully saturated rings. The highest BCUT2D eigenvalue weighted by Gasteiger charge is 2.32. The van der Waals surface area contributed by atoms with Gasteiger partial charge < -0.3 is 4.74 Å². The predicted molar refractivity (Wildman–Crippen MR) is 108 cm³/mol. The number of fused-ring (bicyclic) bond motifs is 1. The highest BCUT2D eigenvalue weighted by Crippen LogP contribution is 2.28. The highest BCUT2D eigenvalue weighted by molar-refractivity contribution is 6.03. The smallest absolute Gasteiger partial charge is 0.414 e. The van der Waals surface area contributed by atoms with E-state index in [0.717, 1.165) is 17.0 Å². The van der Waals surface area contributed by atoms with Crippen molar-refractivity contribution in [2.45, 2.75) is 58.6 Å². The summed E-state index contributed by atoms with van der Waals surface area (Å²) in [4.78, 5) is 55.3. The number of ketones is 2. The van der Waals surface area contributed by atoms with Crippen molar-refractivity contribution < 1.29 is 23.5 Å². The van der Waals surface area contributed by atoms with Crippen molar-refractivity contribution in [2.75, 3.05) is 11.9 Å². The average Bonchev–Trinajstić information content (AvgIpc) is 2.60. The van der Waals surface area contributed by atoms with Crippen LogP contribution in [-0.4, -0.2) is 39.9 Å². The van der Waals surface area contributed by atoms with E-state index >= 15 is 0 Å². The number of carbonyl (C=O) groups is 3. The van der Waals surface area contributed by atoms with Crippen LogP contribution in [0.2, 0.25) is 0 Å². The summed E-state index contributed by atoms with van der Waals surface area (Å²) in [5, 5.41) is 0.0000548. The zero-order chi connectivity index (χ0) is 22.4. The number of hydrogen-bond acceptors (Lipinski definition) is 6. The first-order chi connectivity index (χ1) is 13.9. The molecule has 1 amide bonds. The van der Waals surface area contributed by atoms with Gasteiger partial charge in [-0.1, -0.05) is 0 Å². The summed E-state index contributed by atoms with van der Waals surface area (Å²) in [7, 11) is 1.37. The van der Waals surface area contributed by atoms with Gasteiger partial charge >= 0.3 is 6.09 Å². The van der Waals surface area contributed by atoms with Gasteiger partial charge in [-0.25, -0.2) is 14.2 Å². The third kappa shape index (κ3) is 4.10. The number of ether oxygens (including phenoxy) is 1. The second-order valence-electron chi connectivity index (χ2n) is 8.43. The van der Waals surface area contributed by atoms with Crippen molar-refractivity contribution in [2.24, 2.45) is 0 Å². The number of hydrogen-bond donors (Lipinski definition) is 0. The van der Waals surface area contributed by atoms with Crippen LogP contribution in [0.4, 0.5) is 14.9 Å². The third-order valence-electron chi connectivity index (χ3n) is 4.91. The number of aromatic nitrogens is 2. The van der Waals surface area contributed by atoms with E-state index < -0.39 is 29.1 Å². The van der Waals surface area contributed by atoms with Crippen LogP contribution in [0, 0.1) is 12.7 Å². The molecule has 0 spiro atoms. The van der Waals surface area contributed by atoms with Gasteiger partial charge in [-0.05, 0) is 40.2 Å². The first-order valence-corrected chi connectivity index (χ1v) is 9.62. The Labute approximate surface area is 172 Å². The Balaban J connectivity index is 2.20. The molecule has 8 nitrogen and oxygen atoms in total. The molecule has 3 rings (SSSR count). The maximum Gasteiger partial charge on any atom is 0.414 e. The van der Waals surface area contributed by atoms with Gasteiger partial charge in [0.1, 0.15) is 23.0 Å². The molecule has 1 aliphatic carbocycles. The molecular formula is C21H24FN3O5. The lowest BCUT2D eigenvalue weighted by Crippen LogP contribution is -2.38. The summed E-state index contributed by atoms with van der Waals surface area (Å²) in [6.07, 6.45) is -0.610. The summed E-state index contributed by atoms with van der Waals surface area (Å²) < 4.78 is 20.8. The normalized spacial score (nSPS) is 17.3. The van der Waals surface area contributed by atoms with Gasteiger partial charge in [0.2, 0.25) is 0 Å². The number of nitrogens with zero attached hydrogens (tertiary/aromatic N) is 3. The lowest BCUT2D eigenvalue weighted by atomic mass is 9.92. The molecule has 1 aromatic carbocycles. The fourth-order valence-corrected chi connectivity index (χ4v) is 3.57. The lowest BCUT2D eigenvalue weighted by molar-refractivity contribution is -0.132. The van der Waals surface area contributed by atoms with Crippen molar-refractivity contribution in [1.29, 1.82) is 0 Å². The van der Waals surface area contributed by atoms with Crippen molar-refractivity contribution in [3.8, 4) is 0 Å². The molecule has 1 unspecified atom stereocenters. The number of anilines is 1. The van der Waals surface area contributed by atoms with Crippen molar-refractivity contribution >= 4 is 34.3 Å². The van der Waals surface area contributed by atoms with E-state index in [0.29, 0.717) is 0 Å². The Morgan fingerprint density at radius 2 is 1.93 bits per heavy atom. The first kappa shape index (κ1) is 21.6. The second-order valence-corrected chi connectivity index (χ2v) is 8.43. The van der Waals surface area contributed by atoms with Crippen molar-refractivity contribution in [3.05, 3.63) is 34.1 Å². The molecule has 30 heavy (non-hydrogen) atoms. The summed E-state index contributed by atoms with van der Waals surface area (Å²) in [6, 6.07) is 1.34. The maximum atomic E-state index is 14.3. The number of Topliss-reactive ketones (excluding diaryl/α,β-unsaturated/α-hetero) is 2. The van der Waals surface area contributed by atoms with E-state index in [9.17, 15) is 23.6 Å². The molecule has 1 saturated carbocycles. The zero-order valence-electron chi connectivity index (χ0n) is 17.6. The first-order valence-electron chi connectivity index (χ1n) is 9.62. The van der Waals surface area contributed by atoms with Crippen molar-refractivity contribution in [1.82, 2.24) is 9.55 Å². The molecule has 1 aliphatic rings. The maximum absolute atomic E-state index is 14.3. The van der Waals surface area contributed by atoms with Gasteiger partial charge in [-0.3, -0.25) is 23.9 Å². The Bertz CT molecular complexity index is 1120.